The third-order valence-electron chi connectivity index (χ3n) is 3.61. The fourth-order valence-corrected chi connectivity index (χ4v) is 3.42. The standard InChI is InChI=1S/C15H18ClN3O2S/c1-9(14(20)17-8-11-3-2-6-21-11)22-15-18-12-5-4-10(16)7-13(12)19-15/h4-5,7,9,11H,2-3,6,8H2,1H3,(H,17,20)(H,18,19)/t9-,11-/m1/s1. The number of benzene rings is 1. The van der Waals surface area contributed by atoms with Crippen LogP contribution in [0.1, 0.15) is 19.8 Å². The SMILES string of the molecule is C[C@@H](Sc1nc2ccc(Cl)cc2[nH]1)C(=O)NC[C@H]1CCCO1. The normalized spacial score (nSPS) is 19.5. The number of H-pyrrole nitrogens is 1. The molecule has 118 valence electrons. The Balaban J connectivity index is 1.57. The van der Waals surface area contributed by atoms with Gasteiger partial charge in [0.05, 0.1) is 22.4 Å². The number of hydrogen-bond donors (Lipinski definition) is 2. The lowest BCUT2D eigenvalue weighted by Gasteiger charge is -2.13. The molecule has 1 aliphatic rings. The van der Waals surface area contributed by atoms with Crippen molar-refractivity contribution in [1.82, 2.24) is 15.3 Å². The van der Waals surface area contributed by atoms with Gasteiger partial charge < -0.3 is 15.0 Å². The molecule has 1 fully saturated rings. The number of nitrogens with zero attached hydrogens (tertiary/aromatic N) is 1. The van der Waals surface area contributed by atoms with Crippen LogP contribution in [0.2, 0.25) is 5.02 Å². The Hall–Kier alpha value is -1.24. The van der Waals surface area contributed by atoms with Crippen molar-refractivity contribution in [2.75, 3.05) is 13.2 Å². The van der Waals surface area contributed by atoms with E-state index in [2.05, 4.69) is 15.3 Å². The summed E-state index contributed by atoms with van der Waals surface area (Å²) in [4.78, 5) is 19.8. The van der Waals surface area contributed by atoms with Gasteiger partial charge in [0.25, 0.3) is 0 Å². The summed E-state index contributed by atoms with van der Waals surface area (Å²) in [5.74, 6) is -0.000937. The minimum absolute atomic E-state index is 0.000937. The van der Waals surface area contributed by atoms with Crippen LogP contribution in [0.15, 0.2) is 23.4 Å². The van der Waals surface area contributed by atoms with Gasteiger partial charge in [-0.05, 0) is 38.0 Å². The average Bonchev–Trinajstić information content (AvgIpc) is 3.12. The molecule has 1 aliphatic heterocycles. The molecule has 2 aromatic rings. The summed E-state index contributed by atoms with van der Waals surface area (Å²) in [5.41, 5.74) is 1.72. The number of ether oxygens (including phenoxy) is 1. The van der Waals surface area contributed by atoms with Crippen LogP contribution in [0.5, 0.6) is 0 Å². The second-order valence-corrected chi connectivity index (χ2v) is 7.11. The number of aromatic nitrogens is 2. The highest BCUT2D eigenvalue weighted by atomic mass is 35.5. The minimum atomic E-state index is -0.225. The molecule has 1 saturated heterocycles. The molecule has 1 aromatic carbocycles. The zero-order valence-corrected chi connectivity index (χ0v) is 13.8. The van der Waals surface area contributed by atoms with Crippen LogP contribution in [0.3, 0.4) is 0 Å². The Morgan fingerprint density at radius 2 is 2.50 bits per heavy atom. The van der Waals surface area contributed by atoms with Gasteiger partial charge in [0.15, 0.2) is 5.16 Å². The van der Waals surface area contributed by atoms with E-state index in [0.29, 0.717) is 11.6 Å². The second kappa shape index (κ2) is 6.89. The Morgan fingerprint density at radius 3 is 3.27 bits per heavy atom. The van der Waals surface area contributed by atoms with Crippen LogP contribution in [-0.2, 0) is 9.53 Å². The molecule has 22 heavy (non-hydrogen) atoms. The Morgan fingerprint density at radius 1 is 1.64 bits per heavy atom. The third kappa shape index (κ3) is 3.74. The van der Waals surface area contributed by atoms with Crippen molar-refractivity contribution in [1.29, 1.82) is 0 Å². The van der Waals surface area contributed by atoms with Gasteiger partial charge in [-0.1, -0.05) is 23.4 Å². The fourth-order valence-electron chi connectivity index (χ4n) is 2.40. The summed E-state index contributed by atoms with van der Waals surface area (Å²) in [6.45, 7) is 3.25. The van der Waals surface area contributed by atoms with Crippen molar-refractivity contribution >= 4 is 40.3 Å². The van der Waals surface area contributed by atoms with Gasteiger partial charge in [-0.3, -0.25) is 4.79 Å². The monoisotopic (exact) mass is 339 g/mol. The molecule has 3 rings (SSSR count). The zero-order chi connectivity index (χ0) is 15.5. The number of halogens is 1. The Kier molecular flexibility index (Phi) is 4.90. The summed E-state index contributed by atoms with van der Waals surface area (Å²) >= 11 is 7.36. The van der Waals surface area contributed by atoms with Crippen molar-refractivity contribution < 1.29 is 9.53 Å². The van der Waals surface area contributed by atoms with Gasteiger partial charge >= 0.3 is 0 Å². The van der Waals surface area contributed by atoms with Crippen molar-refractivity contribution in [3.8, 4) is 0 Å². The van der Waals surface area contributed by atoms with Gasteiger partial charge in [0, 0.05) is 18.2 Å². The first-order valence-electron chi connectivity index (χ1n) is 7.33. The maximum Gasteiger partial charge on any atom is 0.233 e. The predicted octanol–water partition coefficient (Wildman–Crippen LogP) is 2.99. The number of imidazole rings is 1. The van der Waals surface area contributed by atoms with Crippen LogP contribution in [0.25, 0.3) is 11.0 Å². The molecule has 0 unspecified atom stereocenters. The number of thioether (sulfide) groups is 1. The molecule has 0 bridgehead atoms. The highest BCUT2D eigenvalue weighted by molar-refractivity contribution is 8.00. The van der Waals surface area contributed by atoms with Crippen molar-refractivity contribution in [2.24, 2.45) is 0 Å². The number of amides is 1. The van der Waals surface area contributed by atoms with Crippen molar-refractivity contribution in [2.45, 2.75) is 36.3 Å². The third-order valence-corrected chi connectivity index (χ3v) is 4.83. The topological polar surface area (TPSA) is 67.0 Å². The molecule has 2 N–H and O–H groups in total. The molecule has 1 aromatic heterocycles. The largest absolute Gasteiger partial charge is 0.376 e. The smallest absolute Gasteiger partial charge is 0.233 e. The maximum absolute atomic E-state index is 12.1. The first kappa shape index (κ1) is 15.6. The van der Waals surface area contributed by atoms with Gasteiger partial charge in [-0.25, -0.2) is 4.98 Å². The van der Waals surface area contributed by atoms with E-state index in [1.54, 1.807) is 6.07 Å². The van der Waals surface area contributed by atoms with Gasteiger partial charge in [-0.2, -0.15) is 0 Å². The summed E-state index contributed by atoms with van der Waals surface area (Å²) < 4.78 is 5.50. The van der Waals surface area contributed by atoms with Gasteiger partial charge in [0.2, 0.25) is 5.91 Å². The second-order valence-electron chi connectivity index (χ2n) is 5.34. The molecular weight excluding hydrogens is 322 g/mol. The molecule has 5 nitrogen and oxygen atoms in total. The molecule has 0 aliphatic carbocycles. The summed E-state index contributed by atoms with van der Waals surface area (Å²) in [5, 5.41) is 4.10. The number of fused-ring (bicyclic) bond motifs is 1. The summed E-state index contributed by atoms with van der Waals surface area (Å²) in [7, 11) is 0. The first-order valence-corrected chi connectivity index (χ1v) is 8.59. The van der Waals surface area contributed by atoms with Crippen LogP contribution in [-0.4, -0.2) is 40.4 Å². The number of carbonyl (C=O) groups is 1. The van der Waals surface area contributed by atoms with Crippen molar-refractivity contribution in [3.63, 3.8) is 0 Å². The fraction of sp³-hybridized carbons (Fsp3) is 0.467. The Bertz CT molecular complexity index is 670. The van der Waals surface area contributed by atoms with E-state index in [1.165, 1.54) is 11.8 Å². The molecule has 0 radical (unpaired) electrons. The highest BCUT2D eigenvalue weighted by Gasteiger charge is 2.20. The van der Waals surface area contributed by atoms with Gasteiger partial charge in [-0.15, -0.1) is 0 Å². The van der Waals surface area contributed by atoms with E-state index in [0.717, 1.165) is 35.6 Å². The molecule has 7 heteroatoms. The van der Waals surface area contributed by atoms with E-state index in [9.17, 15) is 4.79 Å². The number of hydrogen-bond acceptors (Lipinski definition) is 4. The molecular formula is C15H18ClN3O2S. The van der Waals surface area contributed by atoms with Crippen LogP contribution in [0.4, 0.5) is 0 Å². The molecule has 2 heterocycles. The quantitative estimate of drug-likeness (QED) is 0.822. The number of rotatable bonds is 5. The van der Waals surface area contributed by atoms with Crippen LogP contribution >= 0.6 is 23.4 Å². The number of carbonyl (C=O) groups excluding carboxylic acids is 1. The van der Waals surface area contributed by atoms with Crippen LogP contribution < -0.4 is 5.32 Å². The lowest BCUT2D eigenvalue weighted by molar-refractivity contribution is -0.120. The molecule has 2 atom stereocenters. The summed E-state index contributed by atoms with van der Waals surface area (Å²) in [6.07, 6.45) is 2.26. The van der Waals surface area contributed by atoms with Crippen molar-refractivity contribution in [3.05, 3.63) is 23.2 Å². The molecule has 1 amide bonds. The van der Waals surface area contributed by atoms with Gasteiger partial charge in [0.1, 0.15) is 0 Å². The first-order chi connectivity index (χ1) is 10.6. The van der Waals surface area contributed by atoms with E-state index in [1.807, 2.05) is 19.1 Å². The lowest BCUT2D eigenvalue weighted by Crippen LogP contribution is -2.36. The Labute approximate surface area is 138 Å². The number of aromatic amines is 1. The molecule has 0 spiro atoms. The lowest BCUT2D eigenvalue weighted by atomic mass is 10.2. The van der Waals surface area contributed by atoms with E-state index in [-0.39, 0.29) is 17.3 Å². The van der Waals surface area contributed by atoms with E-state index < -0.39 is 0 Å². The number of nitrogens with one attached hydrogen (secondary N) is 2. The van der Waals surface area contributed by atoms with E-state index in [4.69, 9.17) is 16.3 Å². The maximum atomic E-state index is 12.1. The highest BCUT2D eigenvalue weighted by Crippen LogP contribution is 2.25. The predicted molar refractivity (Wildman–Crippen MR) is 88.4 cm³/mol. The minimum Gasteiger partial charge on any atom is -0.376 e. The summed E-state index contributed by atoms with van der Waals surface area (Å²) in [6, 6.07) is 5.49. The zero-order valence-electron chi connectivity index (χ0n) is 12.3. The van der Waals surface area contributed by atoms with E-state index >= 15 is 0 Å². The average molecular weight is 340 g/mol. The molecule has 0 saturated carbocycles. The van der Waals surface area contributed by atoms with Crippen LogP contribution in [0, 0.1) is 0 Å².